The highest BCUT2D eigenvalue weighted by Crippen LogP contribution is 2.20. The Bertz CT molecular complexity index is 332. The number of carbonyl (C=O) groups excluding carboxylic acids is 1. The molecule has 1 unspecified atom stereocenters. The molecule has 2 N–H and O–H groups in total. The van der Waals surface area contributed by atoms with E-state index >= 15 is 0 Å². The van der Waals surface area contributed by atoms with Gasteiger partial charge in [-0.1, -0.05) is 13.8 Å². The molecule has 2 amide bonds. The highest BCUT2D eigenvalue weighted by atomic mass is 16.4. The lowest BCUT2D eigenvalue weighted by Crippen LogP contribution is -2.39. The van der Waals surface area contributed by atoms with Crippen LogP contribution in [0.25, 0.3) is 0 Å². The van der Waals surface area contributed by atoms with Crippen LogP contribution in [0.15, 0.2) is 0 Å². The minimum Gasteiger partial charge on any atom is -0.481 e. The maximum Gasteiger partial charge on any atom is 0.317 e. The first-order valence-electron chi connectivity index (χ1n) is 8.03. The van der Waals surface area contributed by atoms with Crippen LogP contribution in [0.3, 0.4) is 0 Å². The fourth-order valence-electron chi connectivity index (χ4n) is 2.73. The van der Waals surface area contributed by atoms with E-state index in [1.54, 1.807) is 0 Å². The van der Waals surface area contributed by atoms with E-state index in [1.807, 2.05) is 4.90 Å². The number of aliphatic carboxylic acids is 1. The van der Waals surface area contributed by atoms with Crippen LogP contribution in [0, 0.1) is 5.92 Å². The predicted octanol–water partition coefficient (Wildman–Crippen LogP) is 1.61. The van der Waals surface area contributed by atoms with Crippen LogP contribution in [-0.2, 0) is 4.79 Å². The molecule has 1 fully saturated rings. The van der Waals surface area contributed by atoms with E-state index in [4.69, 9.17) is 5.11 Å². The van der Waals surface area contributed by atoms with Crippen LogP contribution in [0.5, 0.6) is 0 Å². The molecule has 1 atom stereocenters. The Morgan fingerprint density at radius 1 is 1.33 bits per heavy atom. The number of carboxylic acids is 1. The van der Waals surface area contributed by atoms with Gasteiger partial charge in [-0.15, -0.1) is 0 Å². The molecule has 1 aliphatic rings. The SMILES string of the molecule is CCN(CC)CCCNC(=O)N1CCC(CCC(=O)O)C1. The van der Waals surface area contributed by atoms with Gasteiger partial charge in [-0.25, -0.2) is 4.79 Å². The van der Waals surface area contributed by atoms with Crippen molar-refractivity contribution in [2.24, 2.45) is 5.92 Å². The number of amides is 2. The van der Waals surface area contributed by atoms with E-state index < -0.39 is 5.97 Å². The van der Waals surface area contributed by atoms with Gasteiger partial charge in [0, 0.05) is 26.1 Å². The quantitative estimate of drug-likeness (QED) is 0.635. The number of carboxylic acid groups (broad SMARTS) is 1. The van der Waals surface area contributed by atoms with Crippen molar-refractivity contribution in [3.63, 3.8) is 0 Å². The standard InChI is InChI=1S/C15H29N3O3/c1-3-17(4-2)10-5-9-16-15(21)18-11-8-13(12-18)6-7-14(19)20/h13H,3-12H2,1-2H3,(H,16,21)(H,19,20). The summed E-state index contributed by atoms with van der Waals surface area (Å²) in [5.41, 5.74) is 0. The second-order valence-corrected chi connectivity index (χ2v) is 5.65. The molecule has 0 bridgehead atoms. The summed E-state index contributed by atoms with van der Waals surface area (Å²) < 4.78 is 0. The Morgan fingerprint density at radius 3 is 2.67 bits per heavy atom. The first-order chi connectivity index (χ1) is 10.1. The Labute approximate surface area is 127 Å². The second kappa shape index (κ2) is 9.60. The van der Waals surface area contributed by atoms with Gasteiger partial charge in [-0.05, 0) is 44.8 Å². The number of likely N-dealkylation sites (tertiary alicyclic amines) is 1. The van der Waals surface area contributed by atoms with E-state index in [-0.39, 0.29) is 12.5 Å². The highest BCUT2D eigenvalue weighted by Gasteiger charge is 2.26. The maximum atomic E-state index is 12.0. The number of urea groups is 1. The number of hydrogen-bond donors (Lipinski definition) is 2. The minimum atomic E-state index is -0.755. The molecule has 122 valence electrons. The molecule has 1 aliphatic heterocycles. The topological polar surface area (TPSA) is 72.9 Å². The Morgan fingerprint density at radius 2 is 2.05 bits per heavy atom. The van der Waals surface area contributed by atoms with Crippen LogP contribution in [0.4, 0.5) is 4.79 Å². The number of carbonyl (C=O) groups is 2. The number of rotatable bonds is 9. The minimum absolute atomic E-state index is 0.00706. The highest BCUT2D eigenvalue weighted by molar-refractivity contribution is 5.74. The molecule has 0 spiro atoms. The second-order valence-electron chi connectivity index (χ2n) is 5.65. The Hall–Kier alpha value is -1.30. The van der Waals surface area contributed by atoms with Crippen LogP contribution in [-0.4, -0.2) is 66.2 Å². The smallest absolute Gasteiger partial charge is 0.317 e. The molecule has 0 aromatic rings. The molecule has 0 saturated carbocycles. The summed E-state index contributed by atoms with van der Waals surface area (Å²) in [5.74, 6) is -0.420. The molecule has 1 heterocycles. The van der Waals surface area contributed by atoms with Gasteiger partial charge in [0.25, 0.3) is 0 Å². The van der Waals surface area contributed by atoms with Gasteiger partial charge in [0.05, 0.1) is 0 Å². The summed E-state index contributed by atoms with van der Waals surface area (Å²) in [6.07, 6.45) is 2.74. The van der Waals surface area contributed by atoms with Crippen molar-refractivity contribution in [3.8, 4) is 0 Å². The van der Waals surface area contributed by atoms with Gasteiger partial charge in [0.15, 0.2) is 0 Å². The Balaban J connectivity index is 2.14. The van der Waals surface area contributed by atoms with Crippen molar-refractivity contribution >= 4 is 12.0 Å². The van der Waals surface area contributed by atoms with Gasteiger partial charge in [-0.2, -0.15) is 0 Å². The first-order valence-corrected chi connectivity index (χ1v) is 8.03. The van der Waals surface area contributed by atoms with Gasteiger partial charge in [0.2, 0.25) is 0 Å². The average molecular weight is 299 g/mol. The molecule has 0 aromatic heterocycles. The lowest BCUT2D eigenvalue weighted by Gasteiger charge is -2.20. The van der Waals surface area contributed by atoms with Crippen molar-refractivity contribution < 1.29 is 14.7 Å². The van der Waals surface area contributed by atoms with Crippen LogP contribution >= 0.6 is 0 Å². The summed E-state index contributed by atoms with van der Waals surface area (Å²) in [7, 11) is 0. The normalized spacial score (nSPS) is 18.2. The van der Waals surface area contributed by atoms with Gasteiger partial charge < -0.3 is 20.2 Å². The summed E-state index contributed by atoms with van der Waals surface area (Å²) in [5, 5.41) is 11.6. The predicted molar refractivity (Wildman–Crippen MR) is 82.4 cm³/mol. The summed E-state index contributed by atoms with van der Waals surface area (Å²) in [6, 6.07) is -0.00706. The molecule has 0 aromatic carbocycles. The Kier molecular flexibility index (Phi) is 8.12. The van der Waals surface area contributed by atoms with Crippen molar-refractivity contribution in [2.75, 3.05) is 39.3 Å². The van der Waals surface area contributed by atoms with Gasteiger partial charge in [-0.3, -0.25) is 4.79 Å². The molecular formula is C15H29N3O3. The van der Waals surface area contributed by atoms with E-state index in [9.17, 15) is 9.59 Å². The zero-order valence-electron chi connectivity index (χ0n) is 13.3. The first kappa shape index (κ1) is 17.8. The molecule has 21 heavy (non-hydrogen) atoms. The summed E-state index contributed by atoms with van der Waals surface area (Å²) >= 11 is 0. The fourth-order valence-corrected chi connectivity index (χ4v) is 2.73. The van der Waals surface area contributed by atoms with Crippen LogP contribution in [0.1, 0.15) is 39.5 Å². The summed E-state index contributed by atoms with van der Waals surface area (Å²) in [6.45, 7) is 9.51. The summed E-state index contributed by atoms with van der Waals surface area (Å²) in [4.78, 5) is 26.7. The van der Waals surface area contributed by atoms with E-state index in [0.29, 0.717) is 25.4 Å². The largest absolute Gasteiger partial charge is 0.481 e. The molecule has 0 radical (unpaired) electrons. The maximum absolute atomic E-state index is 12.0. The van der Waals surface area contributed by atoms with Crippen molar-refractivity contribution in [1.29, 1.82) is 0 Å². The number of nitrogens with zero attached hydrogens (tertiary/aromatic N) is 2. The third-order valence-corrected chi connectivity index (χ3v) is 4.16. The van der Waals surface area contributed by atoms with Crippen molar-refractivity contribution in [3.05, 3.63) is 0 Å². The zero-order chi connectivity index (χ0) is 15.7. The van der Waals surface area contributed by atoms with Crippen molar-refractivity contribution in [1.82, 2.24) is 15.1 Å². The number of nitrogens with one attached hydrogen (secondary N) is 1. The molecule has 1 saturated heterocycles. The van der Waals surface area contributed by atoms with Crippen LogP contribution < -0.4 is 5.32 Å². The van der Waals surface area contributed by atoms with Crippen molar-refractivity contribution in [2.45, 2.75) is 39.5 Å². The monoisotopic (exact) mass is 299 g/mol. The van der Waals surface area contributed by atoms with Gasteiger partial charge in [0.1, 0.15) is 0 Å². The van der Waals surface area contributed by atoms with Gasteiger partial charge >= 0.3 is 12.0 Å². The van der Waals surface area contributed by atoms with Crippen LogP contribution in [0.2, 0.25) is 0 Å². The van der Waals surface area contributed by atoms with E-state index in [0.717, 1.165) is 39.0 Å². The molecule has 6 heteroatoms. The average Bonchev–Trinajstić information content (AvgIpc) is 2.94. The lowest BCUT2D eigenvalue weighted by molar-refractivity contribution is -0.137. The molecule has 0 aliphatic carbocycles. The fraction of sp³-hybridized carbons (Fsp3) is 0.867. The van der Waals surface area contributed by atoms with E-state index in [2.05, 4.69) is 24.1 Å². The third-order valence-electron chi connectivity index (χ3n) is 4.16. The molecular weight excluding hydrogens is 270 g/mol. The number of hydrogen-bond acceptors (Lipinski definition) is 3. The molecule has 1 rings (SSSR count). The third kappa shape index (κ3) is 6.80. The molecule has 6 nitrogen and oxygen atoms in total. The zero-order valence-corrected chi connectivity index (χ0v) is 13.3. The van der Waals surface area contributed by atoms with E-state index in [1.165, 1.54) is 0 Å². The lowest BCUT2D eigenvalue weighted by atomic mass is 10.0.